The van der Waals surface area contributed by atoms with E-state index in [4.69, 9.17) is 17.3 Å². The molecule has 88 valence electrons. The fraction of sp³-hybridized carbons (Fsp3) is 0.286. The van der Waals surface area contributed by atoms with E-state index in [0.717, 1.165) is 9.90 Å². The predicted molar refractivity (Wildman–Crippen MR) is 73.5 cm³/mol. The van der Waals surface area contributed by atoms with Crippen molar-refractivity contribution in [3.63, 3.8) is 0 Å². The number of halogens is 1. The molecule has 3 heteroatoms. The second-order valence-electron chi connectivity index (χ2n) is 4.58. The number of nitrogens with two attached hydrogens (primary N) is 1. The number of hydrogen-bond acceptors (Lipinski definition) is 2. The van der Waals surface area contributed by atoms with Gasteiger partial charge in [0.1, 0.15) is 0 Å². The van der Waals surface area contributed by atoms with E-state index in [9.17, 15) is 0 Å². The van der Waals surface area contributed by atoms with Crippen LogP contribution in [-0.2, 0) is 0 Å². The Morgan fingerprint density at radius 3 is 2.65 bits per heavy atom. The van der Waals surface area contributed by atoms with Gasteiger partial charge in [0.05, 0.1) is 5.02 Å². The van der Waals surface area contributed by atoms with Gasteiger partial charge in [0.15, 0.2) is 0 Å². The Hall–Kier alpha value is -0.830. The molecule has 0 radical (unpaired) electrons. The Morgan fingerprint density at radius 1 is 1.24 bits per heavy atom. The van der Waals surface area contributed by atoms with Gasteiger partial charge in [-0.2, -0.15) is 0 Å². The summed E-state index contributed by atoms with van der Waals surface area (Å²) in [5.41, 5.74) is 7.70. The van der Waals surface area contributed by atoms with Crippen LogP contribution < -0.4 is 5.73 Å². The lowest BCUT2D eigenvalue weighted by atomic mass is 10.1. The van der Waals surface area contributed by atoms with Crippen molar-refractivity contribution >= 4 is 22.9 Å². The third kappa shape index (κ3) is 2.13. The first kappa shape index (κ1) is 11.3. The van der Waals surface area contributed by atoms with E-state index in [1.54, 1.807) is 11.3 Å². The quantitative estimate of drug-likeness (QED) is 0.882. The van der Waals surface area contributed by atoms with Crippen LogP contribution in [0.3, 0.4) is 0 Å². The third-order valence-electron chi connectivity index (χ3n) is 3.48. The van der Waals surface area contributed by atoms with Gasteiger partial charge in [-0.15, -0.1) is 11.3 Å². The van der Waals surface area contributed by atoms with Crippen molar-refractivity contribution in [2.75, 3.05) is 0 Å². The molecule has 1 aliphatic rings. The zero-order valence-corrected chi connectivity index (χ0v) is 10.9. The topological polar surface area (TPSA) is 26.0 Å². The van der Waals surface area contributed by atoms with Gasteiger partial charge in [-0.3, -0.25) is 0 Å². The lowest BCUT2D eigenvalue weighted by Crippen LogP contribution is -2.12. The van der Waals surface area contributed by atoms with E-state index in [1.165, 1.54) is 12.0 Å². The summed E-state index contributed by atoms with van der Waals surface area (Å²) in [5, 5.41) is 2.83. The van der Waals surface area contributed by atoms with Crippen LogP contribution in [0.5, 0.6) is 0 Å². The van der Waals surface area contributed by atoms with E-state index in [0.29, 0.717) is 11.8 Å². The van der Waals surface area contributed by atoms with Gasteiger partial charge in [0.25, 0.3) is 0 Å². The molecule has 0 amide bonds. The van der Waals surface area contributed by atoms with E-state index in [-0.39, 0.29) is 6.04 Å². The molecule has 1 aliphatic carbocycles. The second kappa shape index (κ2) is 4.45. The van der Waals surface area contributed by atoms with Crippen LogP contribution in [0, 0.1) is 5.92 Å². The van der Waals surface area contributed by atoms with Crippen molar-refractivity contribution in [3.05, 3.63) is 57.2 Å². The van der Waals surface area contributed by atoms with Gasteiger partial charge < -0.3 is 5.73 Å². The molecule has 0 spiro atoms. The summed E-state index contributed by atoms with van der Waals surface area (Å²) in [7, 11) is 0. The second-order valence-corrected chi connectivity index (χ2v) is 5.93. The maximum absolute atomic E-state index is 6.30. The summed E-state index contributed by atoms with van der Waals surface area (Å²) in [6, 6.07) is 12.6. The molecule has 1 aromatic heterocycles. The molecular formula is C14H14ClNS. The van der Waals surface area contributed by atoms with Crippen LogP contribution in [0.1, 0.15) is 28.8 Å². The number of hydrogen-bond donors (Lipinski definition) is 1. The molecule has 0 bridgehead atoms. The zero-order valence-electron chi connectivity index (χ0n) is 9.34. The van der Waals surface area contributed by atoms with Gasteiger partial charge in [0, 0.05) is 10.9 Å². The van der Waals surface area contributed by atoms with Crippen molar-refractivity contribution in [3.8, 4) is 0 Å². The van der Waals surface area contributed by atoms with Crippen molar-refractivity contribution in [2.24, 2.45) is 11.7 Å². The number of rotatable bonds is 3. The Kier molecular flexibility index (Phi) is 2.95. The van der Waals surface area contributed by atoms with Crippen LogP contribution >= 0.6 is 22.9 Å². The van der Waals surface area contributed by atoms with Crippen molar-refractivity contribution in [1.29, 1.82) is 0 Å². The predicted octanol–water partition coefficient (Wildman–Crippen LogP) is 4.21. The lowest BCUT2D eigenvalue weighted by Gasteiger charge is -2.10. The smallest absolute Gasteiger partial charge is 0.0561 e. The molecule has 1 aromatic carbocycles. The highest BCUT2D eigenvalue weighted by molar-refractivity contribution is 7.10. The van der Waals surface area contributed by atoms with Crippen LogP contribution in [-0.4, -0.2) is 0 Å². The molecule has 2 aromatic rings. The van der Waals surface area contributed by atoms with E-state index in [1.807, 2.05) is 11.4 Å². The molecule has 1 heterocycles. The molecule has 0 aliphatic heterocycles. The molecule has 3 unspecified atom stereocenters. The Balaban J connectivity index is 1.75. The standard InChI is InChI=1S/C14H14ClNS/c15-12-6-7-17-14(12)13(16)11-8-10(11)9-4-2-1-3-5-9/h1-7,10-11,13H,8,16H2. The normalized spacial score (nSPS) is 24.6. The Bertz CT molecular complexity index is 508. The average molecular weight is 264 g/mol. The molecular weight excluding hydrogens is 250 g/mol. The van der Waals surface area contributed by atoms with Crippen molar-refractivity contribution < 1.29 is 0 Å². The largest absolute Gasteiger partial charge is 0.323 e. The molecule has 1 fully saturated rings. The van der Waals surface area contributed by atoms with Crippen LogP contribution in [0.25, 0.3) is 0 Å². The molecule has 17 heavy (non-hydrogen) atoms. The number of benzene rings is 1. The first-order valence-corrected chi connectivity index (χ1v) is 7.06. The van der Waals surface area contributed by atoms with Crippen molar-refractivity contribution in [1.82, 2.24) is 0 Å². The van der Waals surface area contributed by atoms with Gasteiger partial charge in [-0.25, -0.2) is 0 Å². The minimum absolute atomic E-state index is 0.0905. The molecule has 2 N–H and O–H groups in total. The monoisotopic (exact) mass is 263 g/mol. The molecule has 3 rings (SSSR count). The molecule has 1 saturated carbocycles. The fourth-order valence-corrected chi connectivity index (χ4v) is 3.69. The van der Waals surface area contributed by atoms with E-state index in [2.05, 4.69) is 30.3 Å². The molecule has 3 atom stereocenters. The van der Waals surface area contributed by atoms with E-state index >= 15 is 0 Å². The third-order valence-corrected chi connectivity index (χ3v) is 4.94. The summed E-state index contributed by atoms with van der Waals surface area (Å²) >= 11 is 7.80. The summed E-state index contributed by atoms with van der Waals surface area (Å²) in [6.07, 6.45) is 1.18. The zero-order chi connectivity index (χ0) is 11.8. The average Bonchev–Trinajstić information content (AvgIpc) is 3.05. The SMILES string of the molecule is NC(c1sccc1Cl)C1CC1c1ccccc1. The summed E-state index contributed by atoms with van der Waals surface area (Å²) in [6.45, 7) is 0. The summed E-state index contributed by atoms with van der Waals surface area (Å²) in [5.74, 6) is 1.16. The highest BCUT2D eigenvalue weighted by atomic mass is 35.5. The lowest BCUT2D eigenvalue weighted by molar-refractivity contribution is 0.626. The van der Waals surface area contributed by atoms with Gasteiger partial charge in [-0.1, -0.05) is 41.9 Å². The van der Waals surface area contributed by atoms with Crippen LogP contribution in [0.15, 0.2) is 41.8 Å². The van der Waals surface area contributed by atoms with E-state index < -0.39 is 0 Å². The maximum Gasteiger partial charge on any atom is 0.0561 e. The van der Waals surface area contributed by atoms with Gasteiger partial charge in [-0.05, 0) is 35.3 Å². The maximum atomic E-state index is 6.30. The minimum atomic E-state index is 0.0905. The van der Waals surface area contributed by atoms with Crippen LogP contribution in [0.4, 0.5) is 0 Å². The van der Waals surface area contributed by atoms with Crippen LogP contribution in [0.2, 0.25) is 5.02 Å². The summed E-state index contributed by atoms with van der Waals surface area (Å²) in [4.78, 5) is 1.13. The Morgan fingerprint density at radius 2 is 2.00 bits per heavy atom. The van der Waals surface area contributed by atoms with Gasteiger partial charge >= 0.3 is 0 Å². The molecule has 1 nitrogen and oxygen atoms in total. The first-order chi connectivity index (χ1) is 8.27. The summed E-state index contributed by atoms with van der Waals surface area (Å²) < 4.78 is 0. The minimum Gasteiger partial charge on any atom is -0.323 e. The Labute approximate surface area is 110 Å². The fourth-order valence-electron chi connectivity index (χ4n) is 2.43. The van der Waals surface area contributed by atoms with Crippen molar-refractivity contribution in [2.45, 2.75) is 18.4 Å². The van der Waals surface area contributed by atoms with Gasteiger partial charge in [0.2, 0.25) is 0 Å². The first-order valence-electron chi connectivity index (χ1n) is 5.81. The molecule has 0 saturated heterocycles. The highest BCUT2D eigenvalue weighted by Gasteiger charge is 2.43. The number of thiophene rings is 1. The highest BCUT2D eigenvalue weighted by Crippen LogP contribution is 2.54.